The lowest BCUT2D eigenvalue weighted by Gasteiger charge is -2.01. The summed E-state index contributed by atoms with van der Waals surface area (Å²) in [5, 5.41) is 0. The number of hydrogen-bond donors (Lipinski definition) is 1. The number of aromatic nitrogens is 2. The zero-order valence-corrected chi connectivity index (χ0v) is 9.34. The normalized spacial score (nSPS) is 9.24. The number of nitrogens with one attached hydrogen (secondary N) is 1. The molecular formula is C13H11N3O. The molecule has 0 atom stereocenters. The van der Waals surface area contributed by atoms with Crippen LogP contribution in [0.3, 0.4) is 0 Å². The molecule has 2 rings (SSSR count). The van der Waals surface area contributed by atoms with Crippen molar-refractivity contribution >= 4 is 0 Å². The molecule has 2 aromatic heterocycles. The Morgan fingerprint density at radius 1 is 1.24 bits per heavy atom. The Balaban J connectivity index is 2.19. The van der Waals surface area contributed by atoms with Gasteiger partial charge in [-0.05, 0) is 18.1 Å². The fourth-order valence-electron chi connectivity index (χ4n) is 1.23. The van der Waals surface area contributed by atoms with Crippen molar-refractivity contribution in [3.63, 3.8) is 0 Å². The highest BCUT2D eigenvalue weighted by molar-refractivity contribution is 5.41. The van der Waals surface area contributed by atoms with Crippen LogP contribution in [0.1, 0.15) is 11.3 Å². The van der Waals surface area contributed by atoms with Crippen molar-refractivity contribution in [1.82, 2.24) is 15.4 Å². The summed E-state index contributed by atoms with van der Waals surface area (Å²) in [4.78, 5) is 13.2. The monoisotopic (exact) mass is 225 g/mol. The third kappa shape index (κ3) is 3.30. The molecule has 0 aliphatic rings. The van der Waals surface area contributed by atoms with E-state index in [1.807, 2.05) is 18.2 Å². The molecule has 4 heteroatoms. The first kappa shape index (κ1) is 11.1. The fraction of sp³-hybridized carbons (Fsp3) is 0.0769. The van der Waals surface area contributed by atoms with E-state index in [9.17, 15) is 0 Å². The first-order valence-electron chi connectivity index (χ1n) is 5.10. The van der Waals surface area contributed by atoms with E-state index in [1.165, 1.54) is 0 Å². The Labute approximate surface area is 99.6 Å². The summed E-state index contributed by atoms with van der Waals surface area (Å²) >= 11 is 0. The number of hydrogen-bond acceptors (Lipinski definition) is 4. The van der Waals surface area contributed by atoms with Crippen LogP contribution in [0, 0.1) is 11.8 Å². The van der Waals surface area contributed by atoms with E-state index in [2.05, 4.69) is 27.3 Å². The summed E-state index contributed by atoms with van der Waals surface area (Å²) in [5.74, 6) is 6.56. The summed E-state index contributed by atoms with van der Waals surface area (Å²) in [6, 6.07) is 7.41. The molecule has 2 heterocycles. The van der Waals surface area contributed by atoms with E-state index in [4.69, 9.17) is 4.84 Å². The maximum Gasteiger partial charge on any atom is 0.166 e. The molecule has 0 saturated carbocycles. The van der Waals surface area contributed by atoms with Gasteiger partial charge >= 0.3 is 0 Å². The van der Waals surface area contributed by atoms with Crippen LogP contribution in [0.2, 0.25) is 0 Å². The summed E-state index contributed by atoms with van der Waals surface area (Å²) < 4.78 is 0. The van der Waals surface area contributed by atoms with Crippen molar-refractivity contribution in [1.29, 1.82) is 0 Å². The molecule has 84 valence electrons. The zero-order chi connectivity index (χ0) is 11.9. The Hall–Kier alpha value is -2.38. The molecular weight excluding hydrogens is 214 g/mol. The molecule has 17 heavy (non-hydrogen) atoms. The van der Waals surface area contributed by atoms with Crippen molar-refractivity contribution in [3.8, 4) is 17.6 Å². The number of nitrogens with zero attached hydrogens (tertiary/aromatic N) is 2. The zero-order valence-electron chi connectivity index (χ0n) is 9.34. The van der Waals surface area contributed by atoms with Crippen molar-refractivity contribution in [3.05, 3.63) is 54.1 Å². The Morgan fingerprint density at radius 2 is 2.18 bits per heavy atom. The average Bonchev–Trinajstić information content (AvgIpc) is 2.39. The van der Waals surface area contributed by atoms with E-state index in [-0.39, 0.29) is 0 Å². The van der Waals surface area contributed by atoms with Crippen LogP contribution in [0.4, 0.5) is 0 Å². The molecule has 0 saturated heterocycles. The predicted molar refractivity (Wildman–Crippen MR) is 64.1 cm³/mol. The smallest absolute Gasteiger partial charge is 0.166 e. The molecule has 0 spiro atoms. The summed E-state index contributed by atoms with van der Waals surface area (Å²) in [6.45, 7) is 0. The molecule has 4 nitrogen and oxygen atoms in total. The minimum absolute atomic E-state index is 0.625. The number of pyridine rings is 2. The third-order valence-corrected chi connectivity index (χ3v) is 1.93. The van der Waals surface area contributed by atoms with Gasteiger partial charge in [0, 0.05) is 31.1 Å². The Bertz CT molecular complexity index is 543. The summed E-state index contributed by atoms with van der Waals surface area (Å²) in [6.07, 6.45) is 5.00. The highest BCUT2D eigenvalue weighted by Crippen LogP contribution is 2.08. The highest BCUT2D eigenvalue weighted by Gasteiger charge is 1.94. The molecule has 0 aromatic carbocycles. The van der Waals surface area contributed by atoms with Crippen molar-refractivity contribution in [2.75, 3.05) is 7.05 Å². The van der Waals surface area contributed by atoms with Crippen molar-refractivity contribution in [2.24, 2.45) is 0 Å². The van der Waals surface area contributed by atoms with E-state index in [0.717, 1.165) is 11.3 Å². The van der Waals surface area contributed by atoms with Gasteiger partial charge in [0.15, 0.2) is 5.75 Å². The molecule has 1 N–H and O–H groups in total. The van der Waals surface area contributed by atoms with Gasteiger partial charge in [-0.3, -0.25) is 4.98 Å². The lowest BCUT2D eigenvalue weighted by Crippen LogP contribution is -2.11. The minimum atomic E-state index is 0.625. The first-order valence-corrected chi connectivity index (χ1v) is 5.10. The van der Waals surface area contributed by atoms with Crippen LogP contribution in [-0.2, 0) is 0 Å². The van der Waals surface area contributed by atoms with E-state index < -0.39 is 0 Å². The maximum atomic E-state index is 5.10. The molecule has 0 fully saturated rings. The van der Waals surface area contributed by atoms with Gasteiger partial charge in [0.1, 0.15) is 5.69 Å². The molecule has 0 bridgehead atoms. The fourth-order valence-corrected chi connectivity index (χ4v) is 1.23. The first-order chi connectivity index (χ1) is 8.38. The van der Waals surface area contributed by atoms with Gasteiger partial charge in [-0.15, -0.1) is 0 Å². The summed E-state index contributed by atoms with van der Waals surface area (Å²) in [5.41, 5.74) is 4.09. The van der Waals surface area contributed by atoms with Gasteiger partial charge < -0.3 is 4.84 Å². The van der Waals surface area contributed by atoms with Crippen LogP contribution >= 0.6 is 0 Å². The Morgan fingerprint density at radius 3 is 2.94 bits per heavy atom. The molecule has 0 aliphatic carbocycles. The predicted octanol–water partition coefficient (Wildman–Crippen LogP) is 1.39. The van der Waals surface area contributed by atoms with Crippen LogP contribution in [0.5, 0.6) is 5.75 Å². The van der Waals surface area contributed by atoms with Crippen molar-refractivity contribution in [2.45, 2.75) is 0 Å². The molecule has 0 amide bonds. The molecule has 0 unspecified atom stereocenters. The lowest BCUT2D eigenvalue weighted by atomic mass is 10.2. The van der Waals surface area contributed by atoms with Gasteiger partial charge in [0.2, 0.25) is 0 Å². The second-order valence-electron chi connectivity index (χ2n) is 3.18. The Kier molecular flexibility index (Phi) is 3.68. The van der Waals surface area contributed by atoms with Gasteiger partial charge in [-0.1, -0.05) is 12.0 Å². The standard InChI is InChI=1S/C13H11N3O/c1-14-17-13-8-11(9-15-10-13)5-6-12-4-2-3-7-16-12/h2-4,7-10,14H,1H3. The second-order valence-corrected chi connectivity index (χ2v) is 3.18. The third-order valence-electron chi connectivity index (χ3n) is 1.93. The topological polar surface area (TPSA) is 47.0 Å². The maximum absolute atomic E-state index is 5.10. The molecule has 0 aliphatic heterocycles. The quantitative estimate of drug-likeness (QED) is 0.619. The lowest BCUT2D eigenvalue weighted by molar-refractivity contribution is 0.223. The van der Waals surface area contributed by atoms with Gasteiger partial charge in [-0.25, -0.2) is 4.98 Å². The van der Waals surface area contributed by atoms with Gasteiger partial charge in [-0.2, -0.15) is 5.48 Å². The number of rotatable bonds is 2. The highest BCUT2D eigenvalue weighted by atomic mass is 16.6. The van der Waals surface area contributed by atoms with Crippen molar-refractivity contribution < 1.29 is 4.84 Å². The number of hydroxylamine groups is 1. The molecule has 2 aromatic rings. The van der Waals surface area contributed by atoms with Gasteiger partial charge in [0.25, 0.3) is 0 Å². The average molecular weight is 225 g/mol. The van der Waals surface area contributed by atoms with E-state index in [1.54, 1.807) is 31.7 Å². The van der Waals surface area contributed by atoms with Crippen LogP contribution < -0.4 is 10.3 Å². The van der Waals surface area contributed by atoms with Crippen LogP contribution in [0.15, 0.2) is 42.9 Å². The van der Waals surface area contributed by atoms with E-state index in [0.29, 0.717) is 5.75 Å². The minimum Gasteiger partial charge on any atom is -0.407 e. The summed E-state index contributed by atoms with van der Waals surface area (Å²) in [7, 11) is 1.69. The molecule has 0 radical (unpaired) electrons. The largest absolute Gasteiger partial charge is 0.407 e. The SMILES string of the molecule is CNOc1cncc(C#Cc2ccccn2)c1. The van der Waals surface area contributed by atoms with Crippen LogP contribution in [-0.4, -0.2) is 17.0 Å². The van der Waals surface area contributed by atoms with Crippen LogP contribution in [0.25, 0.3) is 0 Å². The second kappa shape index (κ2) is 5.64. The van der Waals surface area contributed by atoms with Gasteiger partial charge in [0.05, 0.1) is 6.20 Å². The van der Waals surface area contributed by atoms with E-state index >= 15 is 0 Å².